The van der Waals surface area contributed by atoms with Gasteiger partial charge < -0.3 is 0 Å². The first-order chi connectivity index (χ1) is 6.85. The highest BCUT2D eigenvalue weighted by Crippen LogP contribution is 2.19. The van der Waals surface area contributed by atoms with Crippen LogP contribution in [0.1, 0.15) is 0 Å². The quantitative estimate of drug-likeness (QED) is 0.815. The third kappa shape index (κ3) is 2.62. The van der Waals surface area contributed by atoms with Gasteiger partial charge in [-0.2, -0.15) is 12.7 Å². The third-order valence-electron chi connectivity index (χ3n) is 2.00. The number of hydrogen-bond acceptors (Lipinski definition) is 2. The molecule has 6 heteroatoms. The highest BCUT2D eigenvalue weighted by molar-refractivity contribution is 7.90. The number of anilines is 1. The van der Waals surface area contributed by atoms with Gasteiger partial charge in [0.2, 0.25) is 0 Å². The summed E-state index contributed by atoms with van der Waals surface area (Å²) in [5.41, 5.74) is 0.577. The fourth-order valence-corrected chi connectivity index (χ4v) is 2.03. The molecule has 0 aromatic heterocycles. The zero-order valence-corrected chi connectivity index (χ0v) is 10.4. The van der Waals surface area contributed by atoms with E-state index >= 15 is 0 Å². The average molecular weight is 249 g/mol. The molecule has 0 amide bonds. The van der Waals surface area contributed by atoms with Crippen molar-refractivity contribution in [3.05, 3.63) is 29.3 Å². The predicted molar refractivity (Wildman–Crippen MR) is 62.5 cm³/mol. The summed E-state index contributed by atoms with van der Waals surface area (Å²) in [5, 5.41) is 0.578. The van der Waals surface area contributed by atoms with Crippen LogP contribution in [0.5, 0.6) is 0 Å². The van der Waals surface area contributed by atoms with Gasteiger partial charge in [0.1, 0.15) is 0 Å². The van der Waals surface area contributed by atoms with Crippen LogP contribution in [0.4, 0.5) is 5.69 Å². The number of halogens is 1. The first-order valence-electron chi connectivity index (χ1n) is 4.27. The molecule has 0 bridgehead atoms. The van der Waals surface area contributed by atoms with E-state index in [1.165, 1.54) is 25.4 Å². The van der Waals surface area contributed by atoms with Gasteiger partial charge in [-0.05, 0) is 24.3 Å². The van der Waals surface area contributed by atoms with Crippen molar-refractivity contribution in [1.29, 1.82) is 0 Å². The molecule has 0 spiro atoms. The molecule has 0 aliphatic carbocycles. The first kappa shape index (κ1) is 12.3. The number of nitrogens with zero attached hydrogens (tertiary/aromatic N) is 2. The molecule has 0 saturated heterocycles. The van der Waals surface area contributed by atoms with Crippen molar-refractivity contribution < 1.29 is 8.42 Å². The number of benzene rings is 1. The van der Waals surface area contributed by atoms with Crippen molar-refractivity contribution in [3.63, 3.8) is 0 Å². The Morgan fingerprint density at radius 1 is 1.07 bits per heavy atom. The van der Waals surface area contributed by atoms with Gasteiger partial charge in [-0.3, -0.25) is 4.31 Å². The topological polar surface area (TPSA) is 40.6 Å². The van der Waals surface area contributed by atoms with Gasteiger partial charge in [-0.1, -0.05) is 11.6 Å². The summed E-state index contributed by atoms with van der Waals surface area (Å²) in [6.45, 7) is 0. The van der Waals surface area contributed by atoms with Gasteiger partial charge in [-0.25, -0.2) is 0 Å². The Morgan fingerprint density at radius 3 is 1.93 bits per heavy atom. The van der Waals surface area contributed by atoms with E-state index < -0.39 is 10.2 Å². The Balaban J connectivity index is 3.05. The Hall–Kier alpha value is -0.780. The second kappa shape index (κ2) is 4.38. The molecule has 0 saturated carbocycles. The molecule has 0 fully saturated rings. The minimum atomic E-state index is -3.42. The lowest BCUT2D eigenvalue weighted by Crippen LogP contribution is -2.37. The minimum Gasteiger partial charge on any atom is -0.261 e. The summed E-state index contributed by atoms with van der Waals surface area (Å²) in [5.74, 6) is 0. The van der Waals surface area contributed by atoms with Crippen LogP contribution in [0.3, 0.4) is 0 Å². The molecule has 1 aromatic rings. The maximum atomic E-state index is 11.7. The zero-order chi connectivity index (χ0) is 11.6. The molecule has 0 radical (unpaired) electrons. The van der Waals surface area contributed by atoms with Gasteiger partial charge in [0.05, 0.1) is 5.69 Å². The van der Waals surface area contributed by atoms with Crippen LogP contribution in [-0.2, 0) is 10.2 Å². The summed E-state index contributed by atoms with van der Waals surface area (Å²) >= 11 is 5.71. The van der Waals surface area contributed by atoms with E-state index in [1.54, 1.807) is 24.3 Å². The van der Waals surface area contributed by atoms with Crippen LogP contribution in [0.15, 0.2) is 24.3 Å². The van der Waals surface area contributed by atoms with E-state index in [0.29, 0.717) is 10.7 Å². The van der Waals surface area contributed by atoms with Crippen molar-refractivity contribution in [1.82, 2.24) is 4.31 Å². The summed E-state index contributed by atoms with van der Waals surface area (Å²) in [6, 6.07) is 6.61. The fraction of sp³-hybridized carbons (Fsp3) is 0.333. The fourth-order valence-electron chi connectivity index (χ4n) is 1.03. The molecular weight excluding hydrogens is 236 g/mol. The Labute approximate surface area is 95.2 Å². The molecular formula is C9H13ClN2O2S. The van der Waals surface area contributed by atoms with Crippen molar-refractivity contribution in [2.24, 2.45) is 0 Å². The smallest absolute Gasteiger partial charge is 0.261 e. The van der Waals surface area contributed by atoms with E-state index in [-0.39, 0.29) is 0 Å². The molecule has 0 N–H and O–H groups in total. The first-order valence-corrected chi connectivity index (χ1v) is 6.05. The van der Waals surface area contributed by atoms with Gasteiger partial charge in [0.15, 0.2) is 0 Å². The number of rotatable bonds is 3. The predicted octanol–water partition coefficient (Wildman–Crippen LogP) is 1.58. The second-order valence-electron chi connectivity index (χ2n) is 3.23. The van der Waals surface area contributed by atoms with Gasteiger partial charge in [-0.15, -0.1) is 0 Å². The van der Waals surface area contributed by atoms with Crippen LogP contribution in [0.25, 0.3) is 0 Å². The second-order valence-corrected chi connectivity index (χ2v) is 5.84. The maximum absolute atomic E-state index is 11.7. The molecule has 4 nitrogen and oxygen atoms in total. The molecule has 84 valence electrons. The lowest BCUT2D eigenvalue weighted by molar-refractivity contribution is 0.519. The molecule has 0 heterocycles. The van der Waals surface area contributed by atoms with E-state index in [2.05, 4.69) is 0 Å². The molecule has 0 atom stereocenters. The van der Waals surface area contributed by atoms with E-state index in [4.69, 9.17) is 11.6 Å². The summed E-state index contributed by atoms with van der Waals surface area (Å²) < 4.78 is 25.8. The Morgan fingerprint density at radius 2 is 1.53 bits per heavy atom. The Bertz CT molecular complexity index is 428. The lowest BCUT2D eigenvalue weighted by atomic mass is 10.3. The van der Waals surface area contributed by atoms with Crippen LogP contribution < -0.4 is 4.31 Å². The molecule has 0 aliphatic rings. The monoisotopic (exact) mass is 248 g/mol. The van der Waals surface area contributed by atoms with Gasteiger partial charge in [0, 0.05) is 26.2 Å². The minimum absolute atomic E-state index is 0.577. The van der Waals surface area contributed by atoms with Crippen molar-refractivity contribution in [2.45, 2.75) is 0 Å². The van der Waals surface area contributed by atoms with Crippen LogP contribution in [0, 0.1) is 0 Å². The lowest BCUT2D eigenvalue weighted by Gasteiger charge is -2.23. The normalized spacial score (nSPS) is 11.8. The van der Waals surface area contributed by atoms with Crippen LogP contribution in [0.2, 0.25) is 5.02 Å². The molecule has 15 heavy (non-hydrogen) atoms. The summed E-state index contributed by atoms with van der Waals surface area (Å²) in [6.07, 6.45) is 0. The summed E-state index contributed by atoms with van der Waals surface area (Å²) in [7, 11) is 1.06. The van der Waals surface area contributed by atoms with E-state index in [0.717, 1.165) is 4.31 Å². The number of hydrogen-bond donors (Lipinski definition) is 0. The molecule has 1 aromatic carbocycles. The average Bonchev–Trinajstić information content (AvgIpc) is 2.17. The van der Waals surface area contributed by atoms with Crippen LogP contribution >= 0.6 is 11.6 Å². The molecule has 1 rings (SSSR count). The van der Waals surface area contributed by atoms with Crippen LogP contribution in [-0.4, -0.2) is 33.9 Å². The van der Waals surface area contributed by atoms with Crippen molar-refractivity contribution in [2.75, 3.05) is 25.4 Å². The zero-order valence-electron chi connectivity index (χ0n) is 8.81. The highest BCUT2D eigenvalue weighted by atomic mass is 35.5. The van der Waals surface area contributed by atoms with E-state index in [9.17, 15) is 8.42 Å². The van der Waals surface area contributed by atoms with E-state index in [1.807, 2.05) is 0 Å². The van der Waals surface area contributed by atoms with Gasteiger partial charge in [0.25, 0.3) is 0 Å². The summed E-state index contributed by atoms with van der Waals surface area (Å²) in [4.78, 5) is 0. The van der Waals surface area contributed by atoms with Crippen molar-refractivity contribution >= 4 is 27.5 Å². The Kier molecular flexibility index (Phi) is 3.59. The highest BCUT2D eigenvalue weighted by Gasteiger charge is 2.20. The van der Waals surface area contributed by atoms with Crippen molar-refractivity contribution in [3.8, 4) is 0 Å². The molecule has 0 unspecified atom stereocenters. The largest absolute Gasteiger partial charge is 0.303 e. The third-order valence-corrected chi connectivity index (χ3v) is 4.08. The maximum Gasteiger partial charge on any atom is 0.303 e. The standard InChI is InChI=1S/C9H13ClN2O2S/c1-11(2)15(13,14)12(3)9-6-4-8(10)5-7-9/h4-7H,1-3H3. The molecule has 0 aliphatic heterocycles. The SMILES string of the molecule is CN(C)S(=O)(=O)N(C)c1ccc(Cl)cc1. The van der Waals surface area contributed by atoms with Gasteiger partial charge >= 0.3 is 10.2 Å².